The van der Waals surface area contributed by atoms with Gasteiger partial charge in [-0.1, -0.05) is 0 Å². The van der Waals surface area contributed by atoms with Crippen LogP contribution in [0.4, 0.5) is 0 Å². The van der Waals surface area contributed by atoms with Crippen LogP contribution in [-0.2, 0) is 18.9 Å². The van der Waals surface area contributed by atoms with Gasteiger partial charge in [0.1, 0.15) is 0 Å². The average Bonchev–Trinajstić information content (AvgIpc) is 2.82. The molecule has 0 amide bonds. The minimum absolute atomic E-state index is 0.0624. The second-order valence-corrected chi connectivity index (χ2v) is 5.32. The summed E-state index contributed by atoms with van der Waals surface area (Å²) in [6.07, 6.45) is 3.03. The Labute approximate surface area is 109 Å². The van der Waals surface area contributed by atoms with Gasteiger partial charge in [0.2, 0.25) is 0 Å². The fourth-order valence-corrected chi connectivity index (χ4v) is 2.79. The third-order valence-corrected chi connectivity index (χ3v) is 3.95. The third kappa shape index (κ3) is 3.65. The molecule has 0 bridgehead atoms. The number of ether oxygens (including phenoxy) is 4. The van der Waals surface area contributed by atoms with E-state index in [1.165, 1.54) is 0 Å². The van der Waals surface area contributed by atoms with Crippen LogP contribution in [0.1, 0.15) is 19.3 Å². The summed E-state index contributed by atoms with van der Waals surface area (Å²) in [7, 11) is 1.67. The maximum atomic E-state index is 6.22. The van der Waals surface area contributed by atoms with Crippen LogP contribution in [0, 0.1) is 5.92 Å². The summed E-state index contributed by atoms with van der Waals surface area (Å²) in [4.78, 5) is 0. The molecule has 2 aliphatic heterocycles. The summed E-state index contributed by atoms with van der Waals surface area (Å²) in [5.41, 5.74) is 6.16. The van der Waals surface area contributed by atoms with Gasteiger partial charge in [0.05, 0.1) is 32.0 Å². The first kappa shape index (κ1) is 14.2. The Morgan fingerprint density at radius 1 is 1.39 bits per heavy atom. The predicted octanol–water partition coefficient (Wildman–Crippen LogP) is 0.562. The van der Waals surface area contributed by atoms with Crippen LogP contribution in [0.15, 0.2) is 0 Å². The van der Waals surface area contributed by atoms with Crippen LogP contribution in [-0.4, -0.2) is 58.4 Å². The summed E-state index contributed by atoms with van der Waals surface area (Å²) in [5, 5.41) is 0. The van der Waals surface area contributed by atoms with Crippen molar-refractivity contribution in [3.63, 3.8) is 0 Å². The first-order valence-corrected chi connectivity index (χ1v) is 6.80. The third-order valence-electron chi connectivity index (χ3n) is 3.95. The summed E-state index contributed by atoms with van der Waals surface area (Å²) < 4.78 is 21.8. The van der Waals surface area contributed by atoms with Crippen molar-refractivity contribution < 1.29 is 18.9 Å². The van der Waals surface area contributed by atoms with Crippen molar-refractivity contribution in [1.82, 2.24) is 0 Å². The Morgan fingerprint density at radius 2 is 2.28 bits per heavy atom. The lowest BCUT2D eigenvalue weighted by atomic mass is 9.81. The van der Waals surface area contributed by atoms with Gasteiger partial charge in [0.25, 0.3) is 0 Å². The lowest BCUT2D eigenvalue weighted by Gasteiger charge is -2.39. The van der Waals surface area contributed by atoms with Gasteiger partial charge in [-0.05, 0) is 18.8 Å². The Kier molecular flexibility index (Phi) is 5.38. The molecule has 0 aromatic rings. The molecule has 2 saturated heterocycles. The van der Waals surface area contributed by atoms with Crippen LogP contribution in [0.3, 0.4) is 0 Å². The smallest absolute Gasteiger partial charge is 0.0939 e. The van der Waals surface area contributed by atoms with Crippen LogP contribution < -0.4 is 5.73 Å². The summed E-state index contributed by atoms with van der Waals surface area (Å²) in [6.45, 7) is 4.16. The SMILES string of the molecule is COCCOCC(N)C1CCOC2(CCOC2)C1. The quantitative estimate of drug-likeness (QED) is 0.706. The van der Waals surface area contributed by atoms with E-state index in [-0.39, 0.29) is 11.6 Å². The molecule has 0 aromatic heterocycles. The molecule has 3 atom stereocenters. The topological polar surface area (TPSA) is 62.9 Å². The van der Waals surface area contributed by atoms with E-state index in [1.807, 2.05) is 0 Å². The molecule has 2 fully saturated rings. The Morgan fingerprint density at radius 3 is 3.00 bits per heavy atom. The second-order valence-electron chi connectivity index (χ2n) is 5.32. The van der Waals surface area contributed by atoms with Crippen molar-refractivity contribution in [3.8, 4) is 0 Å². The predicted molar refractivity (Wildman–Crippen MR) is 67.5 cm³/mol. The summed E-state index contributed by atoms with van der Waals surface area (Å²) >= 11 is 0. The number of rotatable bonds is 6. The molecule has 0 aliphatic carbocycles. The first-order chi connectivity index (χ1) is 8.76. The fourth-order valence-electron chi connectivity index (χ4n) is 2.79. The highest BCUT2D eigenvalue weighted by Gasteiger charge is 2.42. The van der Waals surface area contributed by atoms with Crippen molar-refractivity contribution >= 4 is 0 Å². The largest absolute Gasteiger partial charge is 0.382 e. The van der Waals surface area contributed by atoms with E-state index in [4.69, 9.17) is 24.7 Å². The lowest BCUT2D eigenvalue weighted by molar-refractivity contribution is -0.104. The summed E-state index contributed by atoms with van der Waals surface area (Å²) in [6, 6.07) is 0.0863. The highest BCUT2D eigenvalue weighted by atomic mass is 16.6. The number of hydrogen-bond acceptors (Lipinski definition) is 5. The molecule has 2 N–H and O–H groups in total. The molecule has 0 radical (unpaired) electrons. The molecule has 3 unspecified atom stereocenters. The van der Waals surface area contributed by atoms with Gasteiger partial charge in [-0.25, -0.2) is 0 Å². The van der Waals surface area contributed by atoms with Gasteiger partial charge in [0, 0.05) is 32.8 Å². The maximum absolute atomic E-state index is 6.22. The highest BCUT2D eigenvalue weighted by Crippen LogP contribution is 2.36. The molecule has 2 rings (SSSR count). The first-order valence-electron chi connectivity index (χ1n) is 6.80. The van der Waals surface area contributed by atoms with Gasteiger partial charge in [0.15, 0.2) is 0 Å². The minimum Gasteiger partial charge on any atom is -0.382 e. The highest BCUT2D eigenvalue weighted by molar-refractivity contribution is 4.92. The van der Waals surface area contributed by atoms with Gasteiger partial charge in [-0.3, -0.25) is 0 Å². The normalized spacial score (nSPS) is 34.0. The molecular weight excluding hydrogens is 234 g/mol. The van der Waals surface area contributed by atoms with E-state index in [2.05, 4.69) is 0 Å². The van der Waals surface area contributed by atoms with E-state index < -0.39 is 0 Å². The zero-order valence-electron chi connectivity index (χ0n) is 11.2. The van der Waals surface area contributed by atoms with Crippen molar-refractivity contribution in [2.24, 2.45) is 11.7 Å². The van der Waals surface area contributed by atoms with Crippen LogP contribution in [0.25, 0.3) is 0 Å². The van der Waals surface area contributed by atoms with Gasteiger partial charge in [-0.15, -0.1) is 0 Å². The molecular formula is C13H25NO4. The standard InChI is InChI=1S/C13H25NO4/c1-15-6-7-16-9-12(14)11-2-4-18-13(8-11)3-5-17-10-13/h11-12H,2-10,14H2,1H3. The molecule has 18 heavy (non-hydrogen) atoms. The van der Waals surface area contributed by atoms with Crippen LogP contribution in [0.5, 0.6) is 0 Å². The molecule has 2 aliphatic rings. The minimum atomic E-state index is -0.0624. The zero-order valence-corrected chi connectivity index (χ0v) is 11.2. The van der Waals surface area contributed by atoms with E-state index in [1.54, 1.807) is 7.11 Å². The van der Waals surface area contributed by atoms with Gasteiger partial charge in [-0.2, -0.15) is 0 Å². The second kappa shape index (κ2) is 6.82. The van der Waals surface area contributed by atoms with Gasteiger partial charge < -0.3 is 24.7 Å². The van der Waals surface area contributed by atoms with Crippen molar-refractivity contribution in [2.45, 2.75) is 30.9 Å². The van der Waals surface area contributed by atoms with Crippen LogP contribution in [0.2, 0.25) is 0 Å². The molecule has 0 saturated carbocycles. The number of nitrogens with two attached hydrogens (primary N) is 1. The Balaban J connectivity index is 1.74. The van der Waals surface area contributed by atoms with Gasteiger partial charge >= 0.3 is 0 Å². The van der Waals surface area contributed by atoms with Crippen molar-refractivity contribution in [1.29, 1.82) is 0 Å². The zero-order chi connectivity index (χ0) is 12.8. The lowest BCUT2D eigenvalue weighted by Crippen LogP contribution is -2.47. The Bertz CT molecular complexity index is 243. The van der Waals surface area contributed by atoms with E-state index >= 15 is 0 Å². The number of hydrogen-bond donors (Lipinski definition) is 1. The average molecular weight is 259 g/mol. The monoisotopic (exact) mass is 259 g/mol. The number of methoxy groups -OCH3 is 1. The summed E-state index contributed by atoms with van der Waals surface area (Å²) in [5.74, 6) is 0.475. The van der Waals surface area contributed by atoms with Crippen molar-refractivity contribution in [2.75, 3.05) is 46.8 Å². The van der Waals surface area contributed by atoms with E-state index in [0.717, 1.165) is 39.1 Å². The molecule has 106 valence electrons. The molecule has 1 spiro atoms. The molecule has 0 aromatic carbocycles. The van der Waals surface area contributed by atoms with E-state index in [9.17, 15) is 0 Å². The van der Waals surface area contributed by atoms with Crippen molar-refractivity contribution in [3.05, 3.63) is 0 Å². The molecule has 2 heterocycles. The maximum Gasteiger partial charge on any atom is 0.0939 e. The molecule has 5 nitrogen and oxygen atoms in total. The van der Waals surface area contributed by atoms with E-state index in [0.29, 0.717) is 25.7 Å². The Hall–Kier alpha value is -0.200. The molecule has 5 heteroatoms. The fraction of sp³-hybridized carbons (Fsp3) is 1.00. The van der Waals surface area contributed by atoms with Crippen LogP contribution >= 0.6 is 0 Å².